The third-order valence-electron chi connectivity index (χ3n) is 4.58. The number of hydrogen-bond acceptors (Lipinski definition) is 7. The maximum atomic E-state index is 10.9. The number of nitriles is 1. The standard InChI is InChI=1S/C24H21IN4O4/c1-15-9-19(14-32-2)20(11-26)23(28-15)29-27-12-17-5-8-22(21(25)10-17)33-13-16-3-6-18(7-4-16)24(30)31/h3-10,12H,13-14H2,1-2H3,(H,28,29)(H,30,31)/b27-12-. The van der Waals surface area contributed by atoms with Crippen LogP contribution in [0.15, 0.2) is 53.6 Å². The summed E-state index contributed by atoms with van der Waals surface area (Å²) in [6.07, 6.45) is 1.64. The number of carboxylic acid groups (broad SMARTS) is 1. The summed E-state index contributed by atoms with van der Waals surface area (Å²) in [4.78, 5) is 15.3. The summed E-state index contributed by atoms with van der Waals surface area (Å²) in [5, 5.41) is 22.7. The van der Waals surface area contributed by atoms with E-state index in [2.05, 4.69) is 44.2 Å². The summed E-state index contributed by atoms with van der Waals surface area (Å²) in [5.74, 6) is 0.130. The third kappa shape index (κ3) is 6.50. The monoisotopic (exact) mass is 556 g/mol. The lowest BCUT2D eigenvalue weighted by atomic mass is 10.1. The Hall–Kier alpha value is -3.49. The number of benzene rings is 2. The topological polar surface area (TPSA) is 117 Å². The molecule has 168 valence electrons. The fraction of sp³-hybridized carbons (Fsp3) is 0.167. The fourth-order valence-corrected chi connectivity index (χ4v) is 3.70. The van der Waals surface area contributed by atoms with Gasteiger partial charge in [0.05, 0.1) is 22.0 Å². The summed E-state index contributed by atoms with van der Waals surface area (Å²) >= 11 is 2.18. The molecule has 0 aliphatic rings. The second-order valence-corrected chi connectivity index (χ2v) is 8.20. The zero-order chi connectivity index (χ0) is 23.8. The molecule has 0 bridgehead atoms. The molecule has 2 N–H and O–H groups in total. The van der Waals surface area contributed by atoms with E-state index in [4.69, 9.17) is 14.6 Å². The van der Waals surface area contributed by atoms with Crippen LogP contribution in [0.25, 0.3) is 0 Å². The lowest BCUT2D eigenvalue weighted by molar-refractivity contribution is 0.0697. The number of rotatable bonds is 9. The first-order chi connectivity index (χ1) is 15.9. The Bertz CT molecular complexity index is 1220. The van der Waals surface area contributed by atoms with Gasteiger partial charge in [-0.25, -0.2) is 9.78 Å². The Kier molecular flexibility index (Phi) is 8.34. The second kappa shape index (κ2) is 11.4. The number of aryl methyl sites for hydroxylation is 1. The van der Waals surface area contributed by atoms with E-state index in [0.29, 0.717) is 30.3 Å². The number of ether oxygens (including phenoxy) is 2. The molecular formula is C24H21IN4O4. The number of pyridine rings is 1. The molecule has 0 aliphatic carbocycles. The van der Waals surface area contributed by atoms with Gasteiger partial charge in [-0.15, -0.1) is 0 Å². The molecule has 0 unspecified atom stereocenters. The number of carbonyl (C=O) groups is 1. The molecule has 1 heterocycles. The number of hydrogen-bond donors (Lipinski definition) is 2. The van der Waals surface area contributed by atoms with Gasteiger partial charge in [-0.2, -0.15) is 10.4 Å². The van der Waals surface area contributed by atoms with Crippen molar-refractivity contribution < 1.29 is 19.4 Å². The fourth-order valence-electron chi connectivity index (χ4n) is 3.00. The molecule has 0 saturated carbocycles. The van der Waals surface area contributed by atoms with Gasteiger partial charge in [-0.1, -0.05) is 12.1 Å². The van der Waals surface area contributed by atoms with Gasteiger partial charge in [-0.05, 0) is 77.0 Å². The molecule has 8 nitrogen and oxygen atoms in total. The van der Waals surface area contributed by atoms with Crippen molar-refractivity contribution in [2.45, 2.75) is 20.1 Å². The minimum Gasteiger partial charge on any atom is -0.488 e. The van der Waals surface area contributed by atoms with Gasteiger partial charge in [0.25, 0.3) is 0 Å². The first kappa shape index (κ1) is 24.2. The first-order valence-corrected chi connectivity index (χ1v) is 10.9. The van der Waals surface area contributed by atoms with Crippen LogP contribution in [0.3, 0.4) is 0 Å². The lowest BCUT2D eigenvalue weighted by Crippen LogP contribution is -2.03. The number of aromatic nitrogens is 1. The highest BCUT2D eigenvalue weighted by Gasteiger charge is 2.11. The maximum absolute atomic E-state index is 10.9. The highest BCUT2D eigenvalue weighted by molar-refractivity contribution is 14.1. The molecule has 0 atom stereocenters. The molecule has 2 aromatic carbocycles. The predicted molar refractivity (Wildman–Crippen MR) is 133 cm³/mol. The van der Waals surface area contributed by atoms with E-state index in [1.54, 1.807) is 37.6 Å². The lowest BCUT2D eigenvalue weighted by Gasteiger charge is -2.10. The number of aromatic carboxylic acids is 1. The van der Waals surface area contributed by atoms with Gasteiger partial charge in [0.15, 0.2) is 5.82 Å². The molecule has 3 aromatic rings. The van der Waals surface area contributed by atoms with Gasteiger partial charge >= 0.3 is 5.97 Å². The summed E-state index contributed by atoms with van der Waals surface area (Å²) in [6.45, 7) is 2.48. The van der Waals surface area contributed by atoms with Crippen molar-refractivity contribution in [3.05, 3.63) is 85.6 Å². The highest BCUT2D eigenvalue weighted by atomic mass is 127. The molecule has 1 aromatic heterocycles. The zero-order valence-corrected chi connectivity index (χ0v) is 20.2. The summed E-state index contributed by atoms with van der Waals surface area (Å²) in [7, 11) is 1.58. The van der Waals surface area contributed by atoms with Crippen LogP contribution in [0.4, 0.5) is 5.82 Å². The van der Waals surface area contributed by atoms with Gasteiger partial charge in [-0.3, -0.25) is 5.43 Å². The van der Waals surface area contributed by atoms with Crippen molar-refractivity contribution in [3.8, 4) is 11.8 Å². The average Bonchev–Trinajstić information content (AvgIpc) is 2.79. The van der Waals surface area contributed by atoms with Crippen molar-refractivity contribution in [2.24, 2.45) is 5.10 Å². The van der Waals surface area contributed by atoms with E-state index < -0.39 is 5.97 Å². The predicted octanol–water partition coefficient (Wildman–Crippen LogP) is 4.74. The van der Waals surface area contributed by atoms with Crippen LogP contribution in [0.2, 0.25) is 0 Å². The third-order valence-corrected chi connectivity index (χ3v) is 5.42. The molecule has 0 saturated heterocycles. The van der Waals surface area contributed by atoms with Crippen molar-refractivity contribution in [1.82, 2.24) is 4.98 Å². The Morgan fingerprint density at radius 3 is 2.64 bits per heavy atom. The minimum atomic E-state index is -0.957. The van der Waals surface area contributed by atoms with Crippen LogP contribution in [0.5, 0.6) is 5.75 Å². The number of nitrogens with zero attached hydrogens (tertiary/aromatic N) is 3. The van der Waals surface area contributed by atoms with Crippen LogP contribution >= 0.6 is 22.6 Å². The van der Waals surface area contributed by atoms with Crippen molar-refractivity contribution in [1.29, 1.82) is 5.26 Å². The van der Waals surface area contributed by atoms with E-state index in [0.717, 1.165) is 26.0 Å². The molecule has 33 heavy (non-hydrogen) atoms. The highest BCUT2D eigenvalue weighted by Crippen LogP contribution is 2.23. The van der Waals surface area contributed by atoms with Crippen LogP contribution in [0, 0.1) is 21.8 Å². The van der Waals surface area contributed by atoms with Gasteiger partial charge in [0, 0.05) is 18.4 Å². The normalized spacial score (nSPS) is 10.7. The molecule has 0 aliphatic heterocycles. The molecular weight excluding hydrogens is 535 g/mol. The quantitative estimate of drug-likeness (QED) is 0.222. The number of methoxy groups -OCH3 is 1. The second-order valence-electron chi connectivity index (χ2n) is 7.04. The summed E-state index contributed by atoms with van der Waals surface area (Å²) < 4.78 is 11.9. The Balaban J connectivity index is 1.66. The van der Waals surface area contributed by atoms with Crippen molar-refractivity contribution in [3.63, 3.8) is 0 Å². The Morgan fingerprint density at radius 2 is 2.00 bits per heavy atom. The zero-order valence-electron chi connectivity index (χ0n) is 18.0. The first-order valence-electron chi connectivity index (χ1n) is 9.84. The summed E-state index contributed by atoms with van der Waals surface area (Å²) in [5.41, 5.74) is 6.71. The number of anilines is 1. The number of hydrazone groups is 1. The van der Waals surface area contributed by atoms with Crippen molar-refractivity contribution >= 4 is 40.6 Å². The Labute approximate surface area is 205 Å². The molecule has 3 rings (SSSR count). The van der Waals surface area contributed by atoms with Crippen LogP contribution in [-0.2, 0) is 18.0 Å². The van der Waals surface area contributed by atoms with Gasteiger partial charge in [0.2, 0.25) is 0 Å². The number of carboxylic acids is 1. The average molecular weight is 556 g/mol. The largest absolute Gasteiger partial charge is 0.488 e. The Morgan fingerprint density at radius 1 is 1.24 bits per heavy atom. The molecule has 0 amide bonds. The smallest absolute Gasteiger partial charge is 0.335 e. The van der Waals surface area contributed by atoms with E-state index in [9.17, 15) is 10.1 Å². The van der Waals surface area contributed by atoms with Crippen molar-refractivity contribution in [2.75, 3.05) is 12.5 Å². The van der Waals surface area contributed by atoms with E-state index in [1.807, 2.05) is 31.2 Å². The minimum absolute atomic E-state index is 0.239. The van der Waals surface area contributed by atoms with E-state index in [1.165, 1.54) is 0 Å². The molecule has 9 heteroatoms. The summed E-state index contributed by atoms with van der Waals surface area (Å²) in [6, 6.07) is 16.2. The number of halogens is 1. The molecule has 0 spiro atoms. The number of nitrogens with one attached hydrogen (secondary N) is 1. The van der Waals surface area contributed by atoms with E-state index in [-0.39, 0.29) is 5.56 Å². The SMILES string of the molecule is COCc1cc(C)nc(N/N=C\c2ccc(OCc3ccc(C(=O)O)cc3)c(I)c2)c1C#N. The van der Waals surface area contributed by atoms with Crippen LogP contribution in [0.1, 0.15) is 38.3 Å². The van der Waals surface area contributed by atoms with Gasteiger partial charge < -0.3 is 14.6 Å². The van der Waals surface area contributed by atoms with E-state index >= 15 is 0 Å². The van der Waals surface area contributed by atoms with Crippen LogP contribution in [-0.4, -0.2) is 29.4 Å². The van der Waals surface area contributed by atoms with Crippen LogP contribution < -0.4 is 10.2 Å². The molecule has 0 radical (unpaired) electrons. The molecule has 0 fully saturated rings. The maximum Gasteiger partial charge on any atom is 0.335 e. The van der Waals surface area contributed by atoms with Gasteiger partial charge in [0.1, 0.15) is 24.0 Å².